The highest BCUT2D eigenvalue weighted by molar-refractivity contribution is 5.80. The van der Waals surface area contributed by atoms with E-state index in [1.54, 1.807) is 30.3 Å². The first-order valence-corrected chi connectivity index (χ1v) is 8.19. The maximum Gasteiger partial charge on any atom is 0.225 e. The van der Waals surface area contributed by atoms with E-state index < -0.39 is 0 Å². The third-order valence-electron chi connectivity index (χ3n) is 4.44. The number of hydrogen-bond donors (Lipinski definition) is 1. The molecule has 1 amide bonds. The summed E-state index contributed by atoms with van der Waals surface area (Å²) in [5.74, 6) is 0.440. The largest absolute Gasteiger partial charge is 0.347 e. The van der Waals surface area contributed by atoms with Crippen LogP contribution < -0.4 is 10.2 Å². The van der Waals surface area contributed by atoms with Crippen LogP contribution >= 0.6 is 0 Å². The average Bonchev–Trinajstić information content (AvgIpc) is 2.88. The van der Waals surface area contributed by atoms with Gasteiger partial charge in [-0.15, -0.1) is 0 Å². The fraction of sp³-hybridized carbons (Fsp3) is 0.389. The van der Waals surface area contributed by atoms with Crippen LogP contribution in [0.15, 0.2) is 36.5 Å². The molecule has 2 heterocycles. The zero-order valence-electron chi connectivity index (χ0n) is 14.6. The van der Waals surface area contributed by atoms with Crippen molar-refractivity contribution in [3.8, 4) is 0 Å². The third kappa shape index (κ3) is 3.76. The van der Waals surface area contributed by atoms with Gasteiger partial charge in [0, 0.05) is 46.3 Å². The number of benzene rings is 1. The van der Waals surface area contributed by atoms with Crippen molar-refractivity contribution in [1.82, 2.24) is 20.2 Å². The number of likely N-dealkylation sites (N-methyl/N-ethyl adjacent to an activating group) is 1. The minimum Gasteiger partial charge on any atom is -0.347 e. The van der Waals surface area contributed by atoms with Gasteiger partial charge in [0.15, 0.2) is 0 Å². The van der Waals surface area contributed by atoms with E-state index in [2.05, 4.69) is 15.3 Å². The molecule has 0 aliphatic carbocycles. The van der Waals surface area contributed by atoms with Gasteiger partial charge in [-0.05, 0) is 23.8 Å². The molecule has 0 spiro atoms. The van der Waals surface area contributed by atoms with Gasteiger partial charge in [0.2, 0.25) is 11.9 Å². The van der Waals surface area contributed by atoms with Crippen LogP contribution in [0, 0.1) is 5.82 Å². The lowest BCUT2D eigenvalue weighted by atomic mass is 10.00. The summed E-state index contributed by atoms with van der Waals surface area (Å²) in [6.45, 7) is 0.535. The summed E-state index contributed by atoms with van der Waals surface area (Å²) in [5, 5.41) is 3.42. The zero-order valence-corrected chi connectivity index (χ0v) is 14.6. The van der Waals surface area contributed by atoms with Gasteiger partial charge >= 0.3 is 0 Å². The molecule has 1 N–H and O–H groups in total. The molecule has 6 nitrogen and oxygen atoms in total. The fourth-order valence-corrected chi connectivity index (χ4v) is 3.10. The summed E-state index contributed by atoms with van der Waals surface area (Å²) < 4.78 is 13.2. The van der Waals surface area contributed by atoms with Crippen molar-refractivity contribution in [3.05, 3.63) is 53.6 Å². The van der Waals surface area contributed by atoms with E-state index in [1.807, 2.05) is 25.1 Å². The molecular formula is C18H22FN5O. The van der Waals surface area contributed by atoms with E-state index in [-0.39, 0.29) is 23.8 Å². The Morgan fingerprint density at radius 1 is 1.28 bits per heavy atom. The van der Waals surface area contributed by atoms with Crippen LogP contribution in [-0.2, 0) is 11.3 Å². The lowest BCUT2D eigenvalue weighted by Gasteiger charge is -2.26. The number of amides is 1. The monoisotopic (exact) mass is 343 g/mol. The lowest BCUT2D eigenvalue weighted by Crippen LogP contribution is -2.35. The van der Waals surface area contributed by atoms with Crippen LogP contribution in [0.25, 0.3) is 0 Å². The van der Waals surface area contributed by atoms with Crippen molar-refractivity contribution in [3.63, 3.8) is 0 Å². The quantitative estimate of drug-likeness (QED) is 0.896. The molecule has 1 aliphatic rings. The number of carbonyl (C=O) groups excluding carboxylic acids is 1. The number of hydrogen-bond acceptors (Lipinski definition) is 5. The number of carbonyl (C=O) groups is 1. The van der Waals surface area contributed by atoms with Crippen molar-refractivity contribution in [2.45, 2.75) is 25.0 Å². The Morgan fingerprint density at radius 2 is 2.00 bits per heavy atom. The summed E-state index contributed by atoms with van der Waals surface area (Å²) in [4.78, 5) is 24.4. The first kappa shape index (κ1) is 17.3. The Bertz CT molecular complexity index is 749. The molecule has 0 bridgehead atoms. The third-order valence-corrected chi connectivity index (χ3v) is 4.44. The SMILES string of the molecule is CN(C)c1nccc(CN[C@@H]2CC(=O)N(C)[C@@H]2c2ccc(F)cc2)n1. The van der Waals surface area contributed by atoms with Crippen LogP contribution in [0.5, 0.6) is 0 Å². The van der Waals surface area contributed by atoms with Gasteiger partial charge in [0.05, 0.1) is 11.7 Å². The van der Waals surface area contributed by atoms with Gasteiger partial charge in [0.25, 0.3) is 0 Å². The Hall–Kier alpha value is -2.54. The first-order chi connectivity index (χ1) is 12.0. The molecule has 1 saturated heterocycles. The number of anilines is 1. The van der Waals surface area contributed by atoms with Gasteiger partial charge in [-0.25, -0.2) is 14.4 Å². The van der Waals surface area contributed by atoms with Crippen molar-refractivity contribution in [2.75, 3.05) is 26.0 Å². The van der Waals surface area contributed by atoms with Crippen LogP contribution in [0.1, 0.15) is 23.7 Å². The van der Waals surface area contributed by atoms with Crippen LogP contribution in [0.4, 0.5) is 10.3 Å². The zero-order chi connectivity index (χ0) is 18.0. The minimum atomic E-state index is -0.280. The number of nitrogens with zero attached hydrogens (tertiary/aromatic N) is 4. The van der Waals surface area contributed by atoms with Crippen LogP contribution in [0.2, 0.25) is 0 Å². The Kier molecular flexibility index (Phi) is 4.94. The van der Waals surface area contributed by atoms with Crippen molar-refractivity contribution >= 4 is 11.9 Å². The molecule has 7 heteroatoms. The highest BCUT2D eigenvalue weighted by atomic mass is 19.1. The second-order valence-corrected chi connectivity index (χ2v) is 6.43. The van der Waals surface area contributed by atoms with E-state index in [0.717, 1.165) is 11.3 Å². The number of rotatable bonds is 5. The minimum absolute atomic E-state index is 0.0549. The van der Waals surface area contributed by atoms with Crippen molar-refractivity contribution in [2.24, 2.45) is 0 Å². The van der Waals surface area contributed by atoms with E-state index >= 15 is 0 Å². The normalized spacial score (nSPS) is 20.2. The van der Waals surface area contributed by atoms with Crippen LogP contribution in [0.3, 0.4) is 0 Å². The number of likely N-dealkylation sites (tertiary alicyclic amines) is 1. The van der Waals surface area contributed by atoms with Gasteiger partial charge < -0.3 is 15.1 Å². The fourth-order valence-electron chi connectivity index (χ4n) is 3.10. The van der Waals surface area contributed by atoms with E-state index in [9.17, 15) is 9.18 Å². The standard InChI is InChI=1S/C18H22FN5O/c1-23(2)18-20-9-8-14(22-18)11-21-15-10-16(25)24(3)17(15)12-4-6-13(19)7-5-12/h4-9,15,17,21H,10-11H2,1-3H3/t15-,17-/m1/s1. The van der Waals surface area contributed by atoms with Gasteiger partial charge in [0.1, 0.15) is 5.82 Å². The van der Waals surface area contributed by atoms with Gasteiger partial charge in [-0.1, -0.05) is 12.1 Å². The number of aromatic nitrogens is 2. The van der Waals surface area contributed by atoms with E-state index in [4.69, 9.17) is 0 Å². The van der Waals surface area contributed by atoms with Gasteiger partial charge in [-0.2, -0.15) is 0 Å². The molecule has 3 rings (SSSR count). The maximum absolute atomic E-state index is 13.2. The van der Waals surface area contributed by atoms with Crippen molar-refractivity contribution < 1.29 is 9.18 Å². The Balaban J connectivity index is 1.75. The smallest absolute Gasteiger partial charge is 0.225 e. The van der Waals surface area contributed by atoms with Crippen molar-refractivity contribution in [1.29, 1.82) is 0 Å². The highest BCUT2D eigenvalue weighted by Gasteiger charge is 2.38. The first-order valence-electron chi connectivity index (χ1n) is 8.19. The maximum atomic E-state index is 13.2. The summed E-state index contributed by atoms with van der Waals surface area (Å²) in [6, 6.07) is 8.00. The predicted molar refractivity (Wildman–Crippen MR) is 93.5 cm³/mol. The lowest BCUT2D eigenvalue weighted by molar-refractivity contribution is -0.127. The molecule has 0 radical (unpaired) electrons. The summed E-state index contributed by atoms with van der Waals surface area (Å²) in [7, 11) is 5.57. The van der Waals surface area contributed by atoms with E-state index in [1.165, 1.54) is 12.1 Å². The molecule has 1 aliphatic heterocycles. The second-order valence-electron chi connectivity index (χ2n) is 6.43. The average molecular weight is 343 g/mol. The van der Waals surface area contributed by atoms with Crippen LogP contribution in [-0.4, -0.2) is 48.0 Å². The highest BCUT2D eigenvalue weighted by Crippen LogP contribution is 2.32. The molecule has 2 atom stereocenters. The molecule has 0 unspecified atom stereocenters. The molecule has 1 fully saturated rings. The van der Waals surface area contributed by atoms with E-state index in [0.29, 0.717) is 18.9 Å². The molecule has 1 aromatic heterocycles. The summed E-state index contributed by atoms with van der Waals surface area (Å²) in [5.41, 5.74) is 1.78. The van der Waals surface area contributed by atoms with Gasteiger partial charge in [-0.3, -0.25) is 4.79 Å². The molecule has 25 heavy (non-hydrogen) atoms. The number of halogens is 1. The second kappa shape index (κ2) is 7.14. The number of nitrogens with one attached hydrogen (secondary N) is 1. The Labute approximate surface area is 146 Å². The topological polar surface area (TPSA) is 61.4 Å². The molecule has 132 valence electrons. The molecule has 0 saturated carbocycles. The Morgan fingerprint density at radius 3 is 2.68 bits per heavy atom. The summed E-state index contributed by atoms with van der Waals surface area (Å²) >= 11 is 0. The molecule has 2 aromatic rings. The molecule has 1 aromatic carbocycles. The molecular weight excluding hydrogens is 321 g/mol. The predicted octanol–water partition coefficient (Wildman–Crippen LogP) is 1.74. The summed E-state index contributed by atoms with van der Waals surface area (Å²) in [6.07, 6.45) is 2.13.